The van der Waals surface area contributed by atoms with Crippen LogP contribution in [0.3, 0.4) is 0 Å². The number of nitrogens with one attached hydrogen (secondary N) is 3. The van der Waals surface area contributed by atoms with Crippen LogP contribution in [0.2, 0.25) is 10.3 Å². The molecule has 11 aromatic rings. The molecule has 0 radical (unpaired) electrons. The predicted molar refractivity (Wildman–Crippen MR) is 486 cm³/mol. The summed E-state index contributed by atoms with van der Waals surface area (Å²) in [6.07, 6.45) is 0.607. The second kappa shape index (κ2) is 60.2. The molecule has 654 valence electrons. The van der Waals surface area contributed by atoms with Gasteiger partial charge in [0.05, 0.1) is 70.1 Å². The van der Waals surface area contributed by atoms with Crippen LogP contribution >= 0.6 is 59.4 Å². The summed E-state index contributed by atoms with van der Waals surface area (Å²) in [5.41, 5.74) is 46.1. The van der Waals surface area contributed by atoms with Crippen molar-refractivity contribution >= 4 is 187 Å². The van der Waals surface area contributed by atoms with E-state index in [-0.39, 0.29) is 144 Å². The number of nitrogens with zero attached hydrogens (tertiary/aromatic N) is 10. The van der Waals surface area contributed by atoms with Gasteiger partial charge in [-0.15, -0.1) is 41.4 Å². The Hall–Kier alpha value is -13.6. The molecule has 1 amide bonds. The van der Waals surface area contributed by atoms with E-state index in [9.17, 15) is 50.6 Å². The van der Waals surface area contributed by atoms with Crippen LogP contribution in [-0.4, -0.2) is 85.2 Å². The van der Waals surface area contributed by atoms with Crippen LogP contribution in [0.4, 0.5) is 61.4 Å². The van der Waals surface area contributed by atoms with Crippen molar-refractivity contribution in [3.05, 3.63) is 259 Å². The quantitative estimate of drug-likeness (QED) is 0.00392. The molecule has 45 heteroatoms. The normalized spacial score (nSPS) is 9.92. The van der Waals surface area contributed by atoms with Gasteiger partial charge >= 0.3 is 81.7 Å². The van der Waals surface area contributed by atoms with E-state index in [1.807, 2.05) is 77.5 Å². The molecule has 12 rings (SSSR count). The number of anilines is 11. The first-order valence-corrected chi connectivity index (χ1v) is 41.4. The van der Waals surface area contributed by atoms with Crippen LogP contribution < -0.4 is 109 Å². The Bertz CT molecular complexity index is 6460. The van der Waals surface area contributed by atoms with Gasteiger partial charge in [-0.25, -0.2) is 18.4 Å². The van der Waals surface area contributed by atoms with Gasteiger partial charge < -0.3 is 64.4 Å². The maximum atomic E-state index is 11.7. The molecule has 16 N–H and O–H groups in total. The van der Waals surface area contributed by atoms with Crippen LogP contribution in [0.25, 0.3) is 27.8 Å². The minimum Gasteiger partial charge on any atom is -0.744 e. The van der Waals surface area contributed by atoms with Gasteiger partial charge in [-0.05, 0) is 158 Å². The van der Waals surface area contributed by atoms with Crippen molar-refractivity contribution in [3.8, 4) is 70.8 Å². The summed E-state index contributed by atoms with van der Waals surface area (Å²) in [4.78, 5) is 60.0. The SMILES string of the molecule is CC(=C(C#N)C#N)c1cccc(N)c1.CC(=O)c1cccc(N)c1.Cc1cc(Cl)nc(Cl)c1C#N.Cc1cc(Nc2c[c-]ccc2)nc(Nc2cccc(S(=O)(=O)[O-])c2)c1C#N.N#CCC#N.N#Cc1c(-c2cccc(N)c2)csc1N.N#Cc1c(-c2cccc(NC(=O)CCOC=O)c2)csc1N.Nc1cccc(S(=O)(=O)O)c1.O=C1CCC(=O)O1.O=S(=O)=O.S.[HH].[Na+].[Na+]. The number of pyridine rings is 2. The minimum absolute atomic E-state index is 0. The van der Waals surface area contributed by atoms with Crippen LogP contribution in [0.1, 0.15) is 90.3 Å². The zero-order valence-electron chi connectivity index (χ0n) is 68.9. The van der Waals surface area contributed by atoms with Crippen molar-refractivity contribution in [2.75, 3.05) is 57.0 Å². The van der Waals surface area contributed by atoms with Gasteiger partial charge in [-0.1, -0.05) is 89.6 Å². The molecule has 1 saturated heterocycles. The molecular formula is C84H75Cl2N19Na2O16S6. The van der Waals surface area contributed by atoms with Crippen LogP contribution in [0, 0.1) is 111 Å². The molecule has 0 spiro atoms. The molecule has 0 saturated carbocycles. The number of nitriles is 8. The Morgan fingerprint density at radius 1 is 0.612 bits per heavy atom. The average Bonchev–Trinajstić information content (AvgIpc) is 1.67. The fraction of sp³-hybridized carbons (Fsp3) is 0.107. The number of ether oxygens (including phenoxy) is 2. The Kier molecular flexibility index (Phi) is 53.8. The van der Waals surface area contributed by atoms with Crippen LogP contribution in [0.5, 0.6) is 0 Å². The maximum Gasteiger partial charge on any atom is 1.00 e. The fourth-order valence-electron chi connectivity index (χ4n) is 9.49. The van der Waals surface area contributed by atoms with E-state index in [0.717, 1.165) is 39.1 Å². The van der Waals surface area contributed by atoms with Crippen molar-refractivity contribution in [1.82, 2.24) is 9.97 Å². The van der Waals surface area contributed by atoms with Crippen molar-refractivity contribution in [2.24, 2.45) is 0 Å². The minimum atomic E-state index is -4.58. The molecule has 35 nitrogen and oxygen atoms in total. The number of rotatable bonds is 15. The largest absolute Gasteiger partial charge is 1.00 e. The summed E-state index contributed by atoms with van der Waals surface area (Å²) in [6.45, 7) is 7.13. The van der Waals surface area contributed by atoms with E-state index in [0.29, 0.717) is 101 Å². The second-order valence-corrected chi connectivity index (χ2v) is 30.1. The van der Waals surface area contributed by atoms with Gasteiger partial charge in [0.15, 0.2) is 11.6 Å². The first kappa shape index (κ1) is 115. The number of hydrogen-bond acceptors (Lipinski definition) is 35. The molecule has 1 aliphatic rings. The summed E-state index contributed by atoms with van der Waals surface area (Å²) in [5.74, 6) is -0.256. The number of nitrogen functional groups attached to an aromatic ring is 6. The smallest absolute Gasteiger partial charge is 0.744 e. The third-order valence-electron chi connectivity index (χ3n) is 15.3. The number of benzene rings is 7. The number of Topliss-reactive ketones (excluding diaryl/α,β-unsaturated/α-hetero) is 1. The zero-order chi connectivity index (χ0) is 94.2. The Morgan fingerprint density at radius 3 is 1.50 bits per heavy atom. The van der Waals surface area contributed by atoms with E-state index in [1.165, 1.54) is 72.1 Å². The van der Waals surface area contributed by atoms with Gasteiger partial charge in [0.2, 0.25) is 5.91 Å². The third kappa shape index (κ3) is 42.5. The van der Waals surface area contributed by atoms with Crippen molar-refractivity contribution in [2.45, 2.75) is 63.2 Å². The zero-order valence-corrected chi connectivity index (χ0v) is 79.5. The van der Waals surface area contributed by atoms with Gasteiger partial charge in [0.1, 0.15) is 84.7 Å². The van der Waals surface area contributed by atoms with Crippen LogP contribution in [-0.2, 0) is 59.5 Å². The number of aromatic nitrogens is 2. The fourth-order valence-corrected chi connectivity index (χ4v) is 12.7. The number of nitrogens with two attached hydrogens (primary N) is 6. The number of aryl methyl sites for hydroxylation is 2. The van der Waals surface area contributed by atoms with E-state index in [4.69, 9.17) is 112 Å². The molecule has 4 aromatic heterocycles. The maximum absolute atomic E-state index is 11.7. The molecule has 129 heavy (non-hydrogen) atoms. The summed E-state index contributed by atoms with van der Waals surface area (Å²) >= 11 is 13.9. The number of ketones is 1. The first-order chi connectivity index (χ1) is 59.7. The predicted octanol–water partition coefficient (Wildman–Crippen LogP) is 8.56. The second-order valence-electron chi connectivity index (χ2n) is 24.3. The van der Waals surface area contributed by atoms with E-state index >= 15 is 0 Å². The molecule has 1 fully saturated rings. The number of thiophene rings is 2. The van der Waals surface area contributed by atoms with Gasteiger partial charge in [0, 0.05) is 63.0 Å². The van der Waals surface area contributed by atoms with Crippen LogP contribution in [0.15, 0.2) is 208 Å². The van der Waals surface area contributed by atoms with Crippen molar-refractivity contribution in [1.29, 1.82) is 42.1 Å². The monoisotopic (exact) mass is 1910 g/mol. The number of allylic oxidation sites excluding steroid dienone is 2. The molecule has 0 aliphatic carbocycles. The number of hydrogen-bond donors (Lipinski definition) is 10. The van der Waals surface area contributed by atoms with E-state index in [1.54, 1.807) is 124 Å². The summed E-state index contributed by atoms with van der Waals surface area (Å²) < 4.78 is 97.0. The van der Waals surface area contributed by atoms with Crippen molar-refractivity contribution < 1.29 is 133 Å². The number of cyclic esters (lactones) is 2. The molecule has 1 aliphatic heterocycles. The Balaban J connectivity index is 0. The summed E-state index contributed by atoms with van der Waals surface area (Å²) in [7, 11) is -11.8. The molecule has 0 atom stereocenters. The summed E-state index contributed by atoms with van der Waals surface area (Å²) in [6, 6.07) is 68.2. The Labute approximate surface area is 814 Å². The number of carbonyl (C=O) groups is 5. The number of esters is 2. The number of halogens is 2. The van der Waals surface area contributed by atoms with Gasteiger partial charge in [-0.3, -0.25) is 28.5 Å². The molecule has 7 aromatic carbocycles. The average molecular weight is 1920 g/mol. The Morgan fingerprint density at radius 2 is 1.08 bits per heavy atom. The number of carbonyl (C=O) groups excluding carboxylic acids is 5. The molecule has 0 bridgehead atoms. The third-order valence-corrected chi connectivity index (χ3v) is 19.0. The van der Waals surface area contributed by atoms with Gasteiger partial charge in [0.25, 0.3) is 16.6 Å². The molecular weight excluding hydrogens is 1840 g/mol. The topological polar surface area (TPSA) is 675 Å². The van der Waals surface area contributed by atoms with Crippen molar-refractivity contribution in [3.63, 3.8) is 0 Å². The molecule has 5 heterocycles. The molecule has 0 unspecified atom stereocenters. The first-order valence-electron chi connectivity index (χ1n) is 35.1. The van der Waals surface area contributed by atoms with Gasteiger partial charge in [-0.2, -0.15) is 88.3 Å². The summed E-state index contributed by atoms with van der Waals surface area (Å²) in [5, 5.41) is 82.6. The number of amides is 1. The van der Waals surface area contributed by atoms with E-state index in [2.05, 4.69) is 59.7 Å². The standard InChI is InChI=1S/C19H15N4O3S.C15H13N3O3S.C11H9N3S.C11H9N3.C8H9NO.C7H4Cl2N2.C6H7NO3S.C4H4O3.C3H2N2.2Na.O3S.H2S.H2/c1-13-10-18(21-14-6-3-2-4-7-14)23-19(17(13)12-20)22-15-8-5-9-16(11-15)27(24,25)26;16-7-12-13(8-22-15(12)17)10-2-1-3-11(6-10)18-14(20)4-5-21-9-19;12-5-9-10(6-15-11(9)14)7-2-1-3-8(13)4-7;1-8(10(6-12)7-13)9-3-2-4-11(14)5-9;1-6(10)7-3-2-4-8(9)5-7;1-4-2-6(8)11-7(9)5(4)3-10;7-5-2-1-3-6(4-5)11(8,9)10;5-3-1-2-4(6)7-3;4-2-1-3-5;;;1-4(2)3;;/h2-3,5-11H,1H3,(H2,21,22,23)(H,24,25,26);1-3,6,8-9H,4-5,17H2,(H,18,20);1-4,6H,13-14H2;2-5H,14H2,1H3;2-5H,9H2,1H3;2H,1H3;1-4H,7H2,(H,8,9,10);1-2H2;1H2;;;;1H2;1H/q-1;;;;;;;;;2*+1;;;/p-1. The van der Waals surface area contributed by atoms with E-state index < -0.39 is 42.8 Å².